The van der Waals surface area contributed by atoms with Crippen molar-refractivity contribution in [1.29, 1.82) is 5.26 Å². The van der Waals surface area contributed by atoms with Crippen LogP contribution in [-0.4, -0.2) is 18.5 Å². The first-order valence-corrected chi connectivity index (χ1v) is 5.91. The van der Waals surface area contributed by atoms with E-state index >= 15 is 0 Å². The minimum absolute atomic E-state index is 0.234. The molecule has 0 aromatic heterocycles. The average molecular weight is 216 g/mol. The van der Waals surface area contributed by atoms with Crippen LogP contribution in [0.5, 0.6) is 0 Å². The van der Waals surface area contributed by atoms with Crippen LogP contribution in [0, 0.1) is 11.3 Å². The molecule has 1 unspecified atom stereocenters. The van der Waals surface area contributed by atoms with Crippen molar-refractivity contribution in [2.45, 2.75) is 32.2 Å². The lowest BCUT2D eigenvalue weighted by molar-refractivity contribution is 0.244. The third-order valence-corrected chi connectivity index (χ3v) is 2.87. The van der Waals surface area contributed by atoms with E-state index in [1.807, 2.05) is 18.2 Å². The van der Waals surface area contributed by atoms with Crippen LogP contribution in [0.2, 0.25) is 0 Å². The van der Waals surface area contributed by atoms with Crippen molar-refractivity contribution in [3.8, 4) is 6.07 Å². The van der Waals surface area contributed by atoms with Gasteiger partial charge in [0.15, 0.2) is 0 Å². The second-order valence-electron chi connectivity index (χ2n) is 4.12. The maximum absolute atomic E-state index is 8.90. The van der Waals surface area contributed by atoms with Gasteiger partial charge in [0.25, 0.3) is 0 Å². The molecular weight excluding hydrogens is 196 g/mol. The fourth-order valence-corrected chi connectivity index (χ4v) is 1.85. The molecule has 86 valence electrons. The smallest absolute Gasteiger partial charge is 0.0641 e. The molecule has 0 aliphatic carbocycles. The van der Waals surface area contributed by atoms with E-state index in [1.54, 1.807) is 0 Å². The minimum atomic E-state index is 0.234. The number of unbranched alkanes of at least 4 members (excludes halogenated alkanes) is 1. The molecule has 2 heteroatoms. The molecule has 1 rings (SSSR count). The largest absolute Gasteiger partial charge is 0.298 e. The summed E-state index contributed by atoms with van der Waals surface area (Å²) in [6, 6.07) is 12.8. The lowest BCUT2D eigenvalue weighted by Gasteiger charge is -2.26. The van der Waals surface area contributed by atoms with Gasteiger partial charge in [-0.05, 0) is 25.6 Å². The molecule has 0 radical (unpaired) electrons. The van der Waals surface area contributed by atoms with Crippen LogP contribution < -0.4 is 0 Å². The highest BCUT2D eigenvalue weighted by molar-refractivity contribution is 5.19. The van der Waals surface area contributed by atoms with Gasteiger partial charge in [-0.15, -0.1) is 0 Å². The van der Waals surface area contributed by atoms with Gasteiger partial charge >= 0.3 is 0 Å². The van der Waals surface area contributed by atoms with E-state index in [0.29, 0.717) is 6.42 Å². The summed E-state index contributed by atoms with van der Waals surface area (Å²) in [6.07, 6.45) is 2.94. The first-order chi connectivity index (χ1) is 7.79. The molecule has 1 aromatic carbocycles. The third kappa shape index (κ3) is 3.67. The Kier molecular flexibility index (Phi) is 5.60. The summed E-state index contributed by atoms with van der Waals surface area (Å²) in [4.78, 5) is 2.28. The Morgan fingerprint density at radius 3 is 2.56 bits per heavy atom. The summed E-state index contributed by atoms with van der Waals surface area (Å²) in [5.74, 6) is 0. The van der Waals surface area contributed by atoms with Crippen LogP contribution in [0.25, 0.3) is 0 Å². The van der Waals surface area contributed by atoms with Crippen molar-refractivity contribution in [1.82, 2.24) is 4.90 Å². The number of benzene rings is 1. The van der Waals surface area contributed by atoms with E-state index in [0.717, 1.165) is 6.54 Å². The molecular formula is C14H20N2. The van der Waals surface area contributed by atoms with Gasteiger partial charge in [0.05, 0.1) is 12.5 Å². The topological polar surface area (TPSA) is 27.0 Å². The summed E-state index contributed by atoms with van der Waals surface area (Å²) in [5, 5.41) is 8.90. The van der Waals surface area contributed by atoms with Crippen molar-refractivity contribution in [3.63, 3.8) is 0 Å². The highest BCUT2D eigenvalue weighted by Crippen LogP contribution is 2.22. The summed E-state index contributed by atoms with van der Waals surface area (Å²) >= 11 is 0. The Balaban J connectivity index is 2.71. The molecule has 16 heavy (non-hydrogen) atoms. The maximum Gasteiger partial charge on any atom is 0.0641 e. The fourth-order valence-electron chi connectivity index (χ4n) is 1.85. The Hall–Kier alpha value is -1.33. The van der Waals surface area contributed by atoms with Gasteiger partial charge in [-0.3, -0.25) is 4.90 Å². The molecule has 1 atom stereocenters. The Labute approximate surface area is 98.5 Å². The molecule has 0 aliphatic heterocycles. The minimum Gasteiger partial charge on any atom is -0.298 e. The Morgan fingerprint density at radius 2 is 2.00 bits per heavy atom. The highest BCUT2D eigenvalue weighted by Gasteiger charge is 2.15. The highest BCUT2D eigenvalue weighted by atomic mass is 15.1. The SMILES string of the molecule is CCCCN(C)C(CC#N)c1ccccc1. The molecule has 0 fully saturated rings. The molecule has 2 nitrogen and oxygen atoms in total. The van der Waals surface area contributed by atoms with E-state index in [4.69, 9.17) is 5.26 Å². The first kappa shape index (κ1) is 12.7. The summed E-state index contributed by atoms with van der Waals surface area (Å²) in [6.45, 7) is 3.24. The summed E-state index contributed by atoms with van der Waals surface area (Å²) in [7, 11) is 2.10. The van der Waals surface area contributed by atoms with E-state index in [1.165, 1.54) is 18.4 Å². The summed E-state index contributed by atoms with van der Waals surface area (Å²) in [5.41, 5.74) is 1.24. The number of nitriles is 1. The number of hydrogen-bond donors (Lipinski definition) is 0. The van der Waals surface area contributed by atoms with Crippen molar-refractivity contribution in [2.24, 2.45) is 0 Å². The van der Waals surface area contributed by atoms with Crippen LogP contribution >= 0.6 is 0 Å². The van der Waals surface area contributed by atoms with Crippen molar-refractivity contribution in [3.05, 3.63) is 35.9 Å². The van der Waals surface area contributed by atoms with Crippen LogP contribution in [0.1, 0.15) is 37.8 Å². The molecule has 0 saturated carbocycles. The van der Waals surface area contributed by atoms with Gasteiger partial charge in [0.1, 0.15) is 0 Å². The van der Waals surface area contributed by atoms with Gasteiger partial charge in [-0.2, -0.15) is 5.26 Å². The lowest BCUT2D eigenvalue weighted by atomic mass is 10.0. The second-order valence-corrected chi connectivity index (χ2v) is 4.12. The van der Waals surface area contributed by atoms with E-state index < -0.39 is 0 Å². The molecule has 0 aliphatic rings. The van der Waals surface area contributed by atoms with Gasteiger partial charge in [0, 0.05) is 6.04 Å². The van der Waals surface area contributed by atoms with Crippen LogP contribution in [0.4, 0.5) is 0 Å². The molecule has 0 heterocycles. The predicted molar refractivity (Wildman–Crippen MR) is 67.0 cm³/mol. The van der Waals surface area contributed by atoms with Gasteiger partial charge in [-0.1, -0.05) is 43.7 Å². The zero-order valence-corrected chi connectivity index (χ0v) is 10.2. The number of rotatable bonds is 6. The standard InChI is InChI=1S/C14H20N2/c1-3-4-12-16(2)14(10-11-15)13-8-6-5-7-9-13/h5-9,14H,3-4,10,12H2,1-2H3. The molecule has 0 bridgehead atoms. The maximum atomic E-state index is 8.90. The lowest BCUT2D eigenvalue weighted by Crippen LogP contribution is -2.25. The molecule has 1 aromatic rings. The Bertz CT molecular complexity index is 326. The second kappa shape index (κ2) is 7.03. The third-order valence-electron chi connectivity index (χ3n) is 2.87. The first-order valence-electron chi connectivity index (χ1n) is 5.91. The van der Waals surface area contributed by atoms with Crippen molar-refractivity contribution in [2.75, 3.05) is 13.6 Å². The number of hydrogen-bond acceptors (Lipinski definition) is 2. The van der Waals surface area contributed by atoms with Crippen LogP contribution in [-0.2, 0) is 0 Å². The number of nitrogens with zero attached hydrogens (tertiary/aromatic N) is 2. The zero-order valence-electron chi connectivity index (χ0n) is 10.2. The average Bonchev–Trinajstić information content (AvgIpc) is 2.34. The zero-order chi connectivity index (χ0) is 11.8. The Morgan fingerprint density at radius 1 is 1.31 bits per heavy atom. The monoisotopic (exact) mass is 216 g/mol. The molecule has 0 saturated heterocycles. The van der Waals surface area contributed by atoms with E-state index in [9.17, 15) is 0 Å². The van der Waals surface area contributed by atoms with Gasteiger partial charge < -0.3 is 0 Å². The molecule has 0 spiro atoms. The fraction of sp³-hybridized carbons (Fsp3) is 0.500. The van der Waals surface area contributed by atoms with Crippen molar-refractivity contribution < 1.29 is 0 Å². The predicted octanol–water partition coefficient (Wildman–Crippen LogP) is 3.37. The summed E-state index contributed by atoms with van der Waals surface area (Å²) < 4.78 is 0. The molecule has 0 amide bonds. The van der Waals surface area contributed by atoms with Crippen LogP contribution in [0.3, 0.4) is 0 Å². The van der Waals surface area contributed by atoms with E-state index in [2.05, 4.69) is 37.1 Å². The van der Waals surface area contributed by atoms with Gasteiger partial charge in [-0.25, -0.2) is 0 Å². The van der Waals surface area contributed by atoms with E-state index in [-0.39, 0.29) is 6.04 Å². The normalized spacial score (nSPS) is 12.4. The quantitative estimate of drug-likeness (QED) is 0.729. The van der Waals surface area contributed by atoms with Crippen molar-refractivity contribution >= 4 is 0 Å². The molecule has 0 N–H and O–H groups in total. The van der Waals surface area contributed by atoms with Gasteiger partial charge in [0.2, 0.25) is 0 Å². The van der Waals surface area contributed by atoms with Crippen LogP contribution in [0.15, 0.2) is 30.3 Å².